The predicted molar refractivity (Wildman–Crippen MR) is 51.0 cm³/mol. The molecule has 0 unspecified atom stereocenters. The monoisotopic (exact) mass is 214 g/mol. The number of ketones is 2. The highest BCUT2D eigenvalue weighted by atomic mass is 35.5. The van der Waals surface area contributed by atoms with E-state index in [4.69, 9.17) is 11.6 Å². The van der Waals surface area contributed by atoms with E-state index in [9.17, 15) is 14.0 Å². The molecule has 0 aliphatic carbocycles. The van der Waals surface area contributed by atoms with Gasteiger partial charge in [0.25, 0.3) is 0 Å². The van der Waals surface area contributed by atoms with E-state index in [0.29, 0.717) is 0 Å². The summed E-state index contributed by atoms with van der Waals surface area (Å²) >= 11 is 5.48. The van der Waals surface area contributed by atoms with Crippen LogP contribution in [-0.2, 0) is 4.79 Å². The van der Waals surface area contributed by atoms with Gasteiger partial charge in [0.1, 0.15) is 11.6 Å². The van der Waals surface area contributed by atoms with Crippen LogP contribution < -0.4 is 0 Å². The Kier molecular flexibility index (Phi) is 3.36. The Morgan fingerprint density at radius 1 is 1.43 bits per heavy atom. The van der Waals surface area contributed by atoms with Crippen molar-refractivity contribution in [2.24, 2.45) is 0 Å². The number of halogens is 2. The van der Waals surface area contributed by atoms with Crippen LogP contribution in [0.5, 0.6) is 0 Å². The molecule has 0 atom stereocenters. The average molecular weight is 215 g/mol. The van der Waals surface area contributed by atoms with E-state index in [2.05, 4.69) is 0 Å². The van der Waals surface area contributed by atoms with Crippen LogP contribution in [0.3, 0.4) is 0 Å². The first-order valence-corrected chi connectivity index (χ1v) is 4.36. The lowest BCUT2D eigenvalue weighted by Crippen LogP contribution is -2.04. The Labute approximate surface area is 85.7 Å². The van der Waals surface area contributed by atoms with E-state index in [-0.39, 0.29) is 28.6 Å². The molecule has 14 heavy (non-hydrogen) atoms. The third-order valence-corrected chi connectivity index (χ3v) is 1.94. The maximum atomic E-state index is 12.7. The number of benzene rings is 1. The number of carbonyl (C=O) groups excluding carboxylic acids is 2. The number of rotatable bonds is 3. The second-order valence-corrected chi connectivity index (χ2v) is 3.34. The second-order valence-electron chi connectivity index (χ2n) is 2.93. The quantitative estimate of drug-likeness (QED) is 0.573. The molecule has 0 spiro atoms. The third-order valence-electron chi connectivity index (χ3n) is 1.65. The lowest BCUT2D eigenvalue weighted by atomic mass is 10.1. The summed E-state index contributed by atoms with van der Waals surface area (Å²) < 4.78 is 12.7. The van der Waals surface area contributed by atoms with Gasteiger partial charge in [0, 0.05) is 5.56 Å². The van der Waals surface area contributed by atoms with Crippen molar-refractivity contribution in [3.05, 3.63) is 34.6 Å². The minimum atomic E-state index is -0.578. The molecule has 1 rings (SSSR count). The van der Waals surface area contributed by atoms with Crippen LogP contribution >= 0.6 is 11.6 Å². The van der Waals surface area contributed by atoms with E-state index in [1.807, 2.05) is 0 Å². The summed E-state index contributed by atoms with van der Waals surface area (Å²) in [6, 6.07) is 3.64. The maximum absolute atomic E-state index is 12.7. The van der Waals surface area contributed by atoms with Crippen molar-refractivity contribution in [3.63, 3.8) is 0 Å². The molecule has 0 aliphatic heterocycles. The Balaban J connectivity index is 2.91. The highest BCUT2D eigenvalue weighted by Crippen LogP contribution is 2.17. The fourth-order valence-electron chi connectivity index (χ4n) is 0.998. The van der Waals surface area contributed by atoms with Gasteiger partial charge in [-0.25, -0.2) is 4.39 Å². The zero-order valence-corrected chi connectivity index (χ0v) is 8.27. The first-order chi connectivity index (χ1) is 6.50. The van der Waals surface area contributed by atoms with Gasteiger partial charge in [-0.05, 0) is 25.1 Å². The minimum Gasteiger partial charge on any atom is -0.300 e. The summed E-state index contributed by atoms with van der Waals surface area (Å²) in [5.74, 6) is -1.15. The Hall–Kier alpha value is -1.22. The van der Waals surface area contributed by atoms with E-state index < -0.39 is 5.82 Å². The average Bonchev–Trinajstić information content (AvgIpc) is 2.08. The lowest BCUT2D eigenvalue weighted by Gasteiger charge is -1.99. The highest BCUT2D eigenvalue weighted by molar-refractivity contribution is 6.31. The number of hydrogen-bond donors (Lipinski definition) is 0. The molecule has 0 amide bonds. The van der Waals surface area contributed by atoms with Gasteiger partial charge >= 0.3 is 0 Å². The molecule has 0 saturated heterocycles. The molecule has 0 heterocycles. The van der Waals surface area contributed by atoms with Crippen molar-refractivity contribution in [1.29, 1.82) is 0 Å². The van der Waals surface area contributed by atoms with Gasteiger partial charge in [-0.1, -0.05) is 11.6 Å². The molecule has 0 aromatic heterocycles. The molecule has 2 nitrogen and oxygen atoms in total. The number of carbonyl (C=O) groups is 2. The van der Waals surface area contributed by atoms with Crippen LogP contribution in [0.15, 0.2) is 18.2 Å². The molecule has 1 aromatic carbocycles. The molecule has 1 aromatic rings. The van der Waals surface area contributed by atoms with Crippen LogP contribution in [0.2, 0.25) is 5.02 Å². The van der Waals surface area contributed by atoms with Crippen molar-refractivity contribution in [1.82, 2.24) is 0 Å². The summed E-state index contributed by atoms with van der Waals surface area (Å²) in [7, 11) is 0. The van der Waals surface area contributed by atoms with Gasteiger partial charge in [-0.3, -0.25) is 9.59 Å². The summed E-state index contributed by atoms with van der Waals surface area (Å²) in [6.07, 6.45) is -0.179. The molecule has 0 radical (unpaired) electrons. The largest absolute Gasteiger partial charge is 0.300 e. The molecule has 0 bridgehead atoms. The minimum absolute atomic E-state index is 0.112. The summed E-state index contributed by atoms with van der Waals surface area (Å²) in [6.45, 7) is 1.32. The van der Waals surface area contributed by atoms with Crippen molar-refractivity contribution in [2.75, 3.05) is 0 Å². The van der Waals surface area contributed by atoms with Crippen LogP contribution in [0.25, 0.3) is 0 Å². The molecule has 0 N–H and O–H groups in total. The topological polar surface area (TPSA) is 34.1 Å². The SMILES string of the molecule is CC(=O)CC(=O)c1ccc(F)c(Cl)c1. The molecule has 0 saturated carbocycles. The molecular weight excluding hydrogens is 207 g/mol. The summed E-state index contributed by atoms with van der Waals surface area (Å²) in [5, 5.41) is -0.112. The number of hydrogen-bond acceptors (Lipinski definition) is 2. The van der Waals surface area contributed by atoms with Gasteiger partial charge in [0.15, 0.2) is 5.78 Å². The number of Topliss-reactive ketones (excluding diaryl/α,β-unsaturated/α-hetero) is 2. The van der Waals surface area contributed by atoms with Gasteiger partial charge < -0.3 is 0 Å². The van der Waals surface area contributed by atoms with Crippen LogP contribution in [0.1, 0.15) is 23.7 Å². The Bertz CT molecular complexity index is 388. The van der Waals surface area contributed by atoms with Crippen molar-refractivity contribution >= 4 is 23.2 Å². The van der Waals surface area contributed by atoms with E-state index in [0.717, 1.165) is 6.07 Å². The molecule has 0 fully saturated rings. The van der Waals surface area contributed by atoms with Gasteiger partial charge in [0.2, 0.25) is 0 Å². The lowest BCUT2D eigenvalue weighted by molar-refractivity contribution is -0.116. The molecule has 4 heteroatoms. The van der Waals surface area contributed by atoms with Crippen LogP contribution in [0, 0.1) is 5.82 Å². The summed E-state index contributed by atoms with van der Waals surface area (Å²) in [5.41, 5.74) is 0.256. The fraction of sp³-hybridized carbons (Fsp3) is 0.200. The van der Waals surface area contributed by atoms with Crippen molar-refractivity contribution < 1.29 is 14.0 Å². The van der Waals surface area contributed by atoms with Crippen LogP contribution in [-0.4, -0.2) is 11.6 Å². The van der Waals surface area contributed by atoms with Crippen LogP contribution in [0.4, 0.5) is 4.39 Å². The standard InChI is InChI=1S/C10H8ClFO2/c1-6(13)4-10(14)7-2-3-9(12)8(11)5-7/h2-3,5H,4H2,1H3. The van der Waals surface area contributed by atoms with E-state index >= 15 is 0 Å². The first-order valence-electron chi connectivity index (χ1n) is 3.98. The van der Waals surface area contributed by atoms with Gasteiger partial charge in [-0.15, -0.1) is 0 Å². The fourth-order valence-corrected chi connectivity index (χ4v) is 1.18. The third kappa shape index (κ3) is 2.64. The Morgan fingerprint density at radius 2 is 2.07 bits per heavy atom. The smallest absolute Gasteiger partial charge is 0.170 e. The summed E-state index contributed by atoms with van der Waals surface area (Å²) in [4.78, 5) is 22.0. The molecular formula is C10H8ClFO2. The first kappa shape index (κ1) is 10.9. The normalized spacial score (nSPS) is 9.93. The van der Waals surface area contributed by atoms with E-state index in [1.165, 1.54) is 19.1 Å². The Morgan fingerprint density at radius 3 is 2.57 bits per heavy atom. The highest BCUT2D eigenvalue weighted by Gasteiger charge is 2.10. The van der Waals surface area contributed by atoms with Crippen molar-refractivity contribution in [3.8, 4) is 0 Å². The zero-order chi connectivity index (χ0) is 10.7. The second kappa shape index (κ2) is 4.33. The van der Waals surface area contributed by atoms with Gasteiger partial charge in [0.05, 0.1) is 11.4 Å². The maximum Gasteiger partial charge on any atom is 0.170 e. The van der Waals surface area contributed by atoms with Gasteiger partial charge in [-0.2, -0.15) is 0 Å². The molecule has 74 valence electrons. The van der Waals surface area contributed by atoms with Crippen molar-refractivity contribution in [2.45, 2.75) is 13.3 Å². The molecule has 0 aliphatic rings. The van der Waals surface area contributed by atoms with E-state index in [1.54, 1.807) is 0 Å². The predicted octanol–water partition coefficient (Wildman–Crippen LogP) is 2.64. The zero-order valence-electron chi connectivity index (χ0n) is 7.51.